The zero-order chi connectivity index (χ0) is 37.4. The lowest BCUT2D eigenvalue weighted by atomic mass is 9.85. The average molecular weight is 718 g/mol. The Bertz CT molecular complexity index is 3020. The molecule has 0 fully saturated rings. The van der Waals surface area contributed by atoms with Crippen LogP contribution in [0.25, 0.3) is 77.5 Å². The lowest BCUT2D eigenvalue weighted by Crippen LogP contribution is -2.09. The maximum Gasteiger partial charge on any atom is 0.123 e. The summed E-state index contributed by atoms with van der Waals surface area (Å²) in [6.45, 7) is 0. The third kappa shape index (κ3) is 6.08. The van der Waals surface area contributed by atoms with Crippen LogP contribution in [0.15, 0.2) is 206 Å². The maximum absolute atomic E-state index is 13.9. The molecule has 0 spiro atoms. The van der Waals surface area contributed by atoms with Gasteiger partial charge in [-0.25, -0.2) is 4.39 Å². The van der Waals surface area contributed by atoms with Crippen LogP contribution in [0.1, 0.15) is 11.1 Å². The molecule has 10 rings (SSSR count). The first-order chi connectivity index (χ1) is 27.7. The van der Waals surface area contributed by atoms with Crippen molar-refractivity contribution in [2.75, 3.05) is 4.90 Å². The molecule has 0 aliphatic carbocycles. The third-order valence-corrected chi connectivity index (χ3v) is 10.9. The van der Waals surface area contributed by atoms with Crippen LogP contribution in [0.2, 0.25) is 0 Å². The Hall–Kier alpha value is -7.29. The van der Waals surface area contributed by atoms with Crippen molar-refractivity contribution in [2.45, 2.75) is 0 Å². The fraction of sp³-hybridized carbons (Fsp3) is 0. The molecule has 0 aliphatic heterocycles. The maximum atomic E-state index is 13.9. The first-order valence-electron chi connectivity index (χ1n) is 19.0. The molecule has 10 aromatic rings. The zero-order valence-electron chi connectivity index (χ0n) is 30.6. The molecule has 0 unspecified atom stereocenters. The summed E-state index contributed by atoms with van der Waals surface area (Å²) in [6.07, 6.45) is 4.52. The Labute approximate surface area is 325 Å². The van der Waals surface area contributed by atoms with Crippen LogP contribution in [0, 0.1) is 5.82 Å². The molecule has 0 heterocycles. The van der Waals surface area contributed by atoms with E-state index in [9.17, 15) is 4.39 Å². The topological polar surface area (TPSA) is 3.24 Å². The highest BCUT2D eigenvalue weighted by atomic mass is 19.1. The van der Waals surface area contributed by atoms with E-state index in [0.29, 0.717) is 0 Å². The molecule has 0 amide bonds. The second-order valence-corrected chi connectivity index (χ2v) is 14.3. The highest BCUT2D eigenvalue weighted by molar-refractivity contribution is 6.21. The summed E-state index contributed by atoms with van der Waals surface area (Å²) in [7, 11) is 0. The van der Waals surface area contributed by atoms with Crippen molar-refractivity contribution in [3.63, 3.8) is 0 Å². The number of anilines is 3. The van der Waals surface area contributed by atoms with E-state index in [2.05, 4.69) is 181 Å². The first kappa shape index (κ1) is 33.3. The van der Waals surface area contributed by atoms with Gasteiger partial charge < -0.3 is 4.90 Å². The number of halogens is 1. The van der Waals surface area contributed by atoms with Crippen molar-refractivity contribution < 1.29 is 4.39 Å². The summed E-state index contributed by atoms with van der Waals surface area (Å²) in [6, 6.07) is 71.8. The minimum atomic E-state index is -0.250. The van der Waals surface area contributed by atoms with Crippen molar-refractivity contribution in [3.05, 3.63) is 223 Å². The second-order valence-electron chi connectivity index (χ2n) is 14.3. The van der Waals surface area contributed by atoms with Crippen molar-refractivity contribution in [3.8, 4) is 22.3 Å². The summed E-state index contributed by atoms with van der Waals surface area (Å²) in [5.41, 5.74) is 10.2. The van der Waals surface area contributed by atoms with Gasteiger partial charge in [-0.2, -0.15) is 0 Å². The smallest absolute Gasteiger partial charge is 0.123 e. The van der Waals surface area contributed by atoms with E-state index in [4.69, 9.17) is 0 Å². The molecule has 0 aromatic heterocycles. The van der Waals surface area contributed by atoms with Crippen molar-refractivity contribution in [1.29, 1.82) is 0 Å². The molecule has 0 bridgehead atoms. The summed E-state index contributed by atoms with van der Waals surface area (Å²) in [4.78, 5) is 2.16. The molecular formula is C54H36FN. The number of benzene rings is 10. The van der Waals surface area contributed by atoms with Crippen molar-refractivity contribution in [2.24, 2.45) is 0 Å². The van der Waals surface area contributed by atoms with Crippen LogP contribution >= 0.6 is 0 Å². The monoisotopic (exact) mass is 717 g/mol. The summed E-state index contributed by atoms with van der Waals surface area (Å²) >= 11 is 0. The van der Waals surface area contributed by atoms with Crippen LogP contribution in [-0.4, -0.2) is 0 Å². The van der Waals surface area contributed by atoms with Gasteiger partial charge >= 0.3 is 0 Å². The fourth-order valence-electron chi connectivity index (χ4n) is 8.23. The number of rotatable bonds is 7. The van der Waals surface area contributed by atoms with Gasteiger partial charge in [0.1, 0.15) is 5.82 Å². The molecular weight excluding hydrogens is 682 g/mol. The molecule has 0 atom stereocenters. The standard InChI is InChI=1S/C54H36FN/c55-43-27-30-45(31-28-43)56(44-16-5-2-6-17-44)46-29-26-39-33-37(23-25-40(39)35-46)24-32-50-48-19-9-11-21-51(48)54(52-22-12-10-20-49(50)52)53-36-42(38-13-3-1-4-14-38)34-41-15-7-8-18-47(41)53/h1-36H/b32-24+. The van der Waals surface area contributed by atoms with Gasteiger partial charge in [0.15, 0.2) is 0 Å². The molecule has 0 radical (unpaired) electrons. The van der Waals surface area contributed by atoms with Gasteiger partial charge in [0.25, 0.3) is 0 Å². The Balaban J connectivity index is 1.08. The molecule has 0 aliphatic rings. The Morgan fingerprint density at radius 3 is 1.62 bits per heavy atom. The first-order valence-corrected chi connectivity index (χ1v) is 19.0. The normalized spacial score (nSPS) is 11.6. The minimum Gasteiger partial charge on any atom is -0.310 e. The zero-order valence-corrected chi connectivity index (χ0v) is 30.6. The molecule has 264 valence electrons. The van der Waals surface area contributed by atoms with Crippen LogP contribution in [0.4, 0.5) is 21.5 Å². The van der Waals surface area contributed by atoms with Crippen LogP contribution in [0.3, 0.4) is 0 Å². The molecule has 10 aromatic carbocycles. The fourth-order valence-corrected chi connectivity index (χ4v) is 8.23. The summed E-state index contributed by atoms with van der Waals surface area (Å²) in [5.74, 6) is -0.250. The van der Waals surface area contributed by atoms with E-state index >= 15 is 0 Å². The second kappa shape index (κ2) is 14.2. The molecule has 2 heteroatoms. The Morgan fingerprint density at radius 1 is 0.357 bits per heavy atom. The lowest BCUT2D eigenvalue weighted by Gasteiger charge is -2.25. The van der Waals surface area contributed by atoms with Crippen molar-refractivity contribution in [1.82, 2.24) is 0 Å². The lowest BCUT2D eigenvalue weighted by molar-refractivity contribution is 0.628. The third-order valence-electron chi connectivity index (χ3n) is 10.9. The van der Waals surface area contributed by atoms with Gasteiger partial charge in [-0.1, -0.05) is 152 Å². The van der Waals surface area contributed by atoms with Crippen LogP contribution < -0.4 is 4.90 Å². The highest BCUT2D eigenvalue weighted by Gasteiger charge is 2.18. The molecule has 0 saturated carbocycles. The van der Waals surface area contributed by atoms with E-state index in [1.54, 1.807) is 0 Å². The number of nitrogens with zero attached hydrogens (tertiary/aromatic N) is 1. The summed E-state index contributed by atoms with van der Waals surface area (Å²) < 4.78 is 13.9. The molecule has 56 heavy (non-hydrogen) atoms. The van der Waals surface area contributed by atoms with Gasteiger partial charge in [-0.05, 0) is 143 Å². The Kier molecular flexibility index (Phi) is 8.42. The predicted molar refractivity (Wildman–Crippen MR) is 237 cm³/mol. The molecule has 0 N–H and O–H groups in total. The SMILES string of the molecule is Fc1ccc(N(c2ccccc2)c2ccc3cc(/C=C/c4c5ccccc5c(-c5cc(-c6ccccc6)cc6ccccc56)c5ccccc45)ccc3c2)cc1. The van der Waals surface area contributed by atoms with Crippen LogP contribution in [-0.2, 0) is 0 Å². The molecule has 1 nitrogen and oxygen atoms in total. The van der Waals surface area contributed by atoms with Gasteiger partial charge in [0.2, 0.25) is 0 Å². The van der Waals surface area contributed by atoms with E-state index in [1.165, 1.54) is 72.3 Å². The van der Waals surface area contributed by atoms with E-state index in [1.807, 2.05) is 30.3 Å². The number of hydrogen-bond acceptors (Lipinski definition) is 1. The van der Waals surface area contributed by atoms with E-state index < -0.39 is 0 Å². The van der Waals surface area contributed by atoms with Crippen LogP contribution in [0.5, 0.6) is 0 Å². The van der Waals surface area contributed by atoms with Crippen molar-refractivity contribution >= 4 is 72.3 Å². The predicted octanol–water partition coefficient (Wildman–Crippen LogP) is 15.4. The molecule has 0 saturated heterocycles. The van der Waals surface area contributed by atoms with Gasteiger partial charge in [-0.15, -0.1) is 0 Å². The van der Waals surface area contributed by atoms with Gasteiger partial charge in [0, 0.05) is 17.1 Å². The van der Waals surface area contributed by atoms with Gasteiger partial charge in [-0.3, -0.25) is 0 Å². The number of para-hydroxylation sites is 1. The van der Waals surface area contributed by atoms with Gasteiger partial charge in [0.05, 0.1) is 0 Å². The van der Waals surface area contributed by atoms with E-state index in [-0.39, 0.29) is 5.82 Å². The Morgan fingerprint density at radius 2 is 0.911 bits per heavy atom. The van der Waals surface area contributed by atoms with E-state index in [0.717, 1.165) is 33.4 Å². The number of fused-ring (bicyclic) bond motifs is 4. The quantitative estimate of drug-likeness (QED) is 0.117. The minimum absolute atomic E-state index is 0.250. The largest absolute Gasteiger partial charge is 0.310 e. The summed E-state index contributed by atoms with van der Waals surface area (Å²) in [5, 5.41) is 9.67. The highest BCUT2D eigenvalue weighted by Crippen LogP contribution is 2.44. The number of hydrogen-bond donors (Lipinski definition) is 0. The average Bonchev–Trinajstić information content (AvgIpc) is 3.26.